The topological polar surface area (TPSA) is 86.9 Å². The van der Waals surface area contributed by atoms with Crippen LogP contribution in [-0.2, 0) is 16.4 Å². The lowest BCUT2D eigenvalue weighted by Crippen LogP contribution is -2.17. The van der Waals surface area contributed by atoms with Gasteiger partial charge in [-0.15, -0.1) is 0 Å². The molecule has 7 nitrogen and oxygen atoms in total. The van der Waals surface area contributed by atoms with E-state index in [4.69, 9.17) is 0 Å². The number of hydrogen-bond acceptors (Lipinski definition) is 5. The van der Waals surface area contributed by atoms with E-state index in [1.807, 2.05) is 0 Å². The Hall–Kier alpha value is -2.88. The van der Waals surface area contributed by atoms with E-state index in [1.54, 1.807) is 0 Å². The summed E-state index contributed by atoms with van der Waals surface area (Å²) in [5.74, 6) is -0.475. The predicted molar refractivity (Wildman–Crippen MR) is 93.0 cm³/mol. The molecule has 0 bridgehead atoms. The highest BCUT2D eigenvalue weighted by Gasteiger charge is 2.32. The molecule has 10 heteroatoms. The third-order valence-corrected chi connectivity index (χ3v) is 5.22. The number of sulfone groups is 1. The Labute approximate surface area is 152 Å². The van der Waals surface area contributed by atoms with E-state index in [-0.39, 0.29) is 29.9 Å². The van der Waals surface area contributed by atoms with Crippen molar-refractivity contribution in [1.29, 1.82) is 0 Å². The Morgan fingerprint density at radius 3 is 2.56 bits per heavy atom. The number of nitrogens with zero attached hydrogens (tertiary/aromatic N) is 4. The lowest BCUT2D eigenvalue weighted by atomic mass is 10.0. The maximum Gasteiger partial charge on any atom is 0.275 e. The number of alkyl halides is 1. The van der Waals surface area contributed by atoms with Gasteiger partial charge in [0.05, 0.1) is 11.3 Å². The van der Waals surface area contributed by atoms with Gasteiger partial charge < -0.3 is 0 Å². The molecule has 1 aromatic carbocycles. The van der Waals surface area contributed by atoms with Crippen molar-refractivity contribution in [1.82, 2.24) is 19.3 Å². The molecule has 0 aliphatic carbocycles. The van der Waals surface area contributed by atoms with Crippen LogP contribution < -0.4 is 5.56 Å². The first-order valence-corrected chi connectivity index (χ1v) is 9.95. The monoisotopic (exact) mass is 392 g/mol. The molecule has 27 heavy (non-hydrogen) atoms. The van der Waals surface area contributed by atoms with Gasteiger partial charge in [-0.1, -0.05) is 12.1 Å². The second-order valence-electron chi connectivity index (χ2n) is 6.22. The average molecular weight is 392 g/mol. The Kier molecular flexibility index (Phi) is 3.95. The number of halogens is 2. The Morgan fingerprint density at radius 1 is 1.19 bits per heavy atom. The van der Waals surface area contributed by atoms with Crippen LogP contribution >= 0.6 is 0 Å². The Morgan fingerprint density at radius 2 is 1.89 bits per heavy atom. The number of hydrogen-bond donors (Lipinski definition) is 0. The van der Waals surface area contributed by atoms with Crippen LogP contribution in [0, 0.1) is 5.82 Å². The summed E-state index contributed by atoms with van der Waals surface area (Å²) in [6.07, 6.45) is 0.861. The van der Waals surface area contributed by atoms with Crippen LogP contribution in [0.15, 0.2) is 46.5 Å². The third-order valence-electron chi connectivity index (χ3n) is 4.36. The van der Waals surface area contributed by atoms with Crippen molar-refractivity contribution in [2.45, 2.75) is 24.4 Å². The normalized spacial score (nSPS) is 16.5. The number of aromatic nitrogens is 4. The molecule has 0 saturated carbocycles. The molecule has 3 heterocycles. The summed E-state index contributed by atoms with van der Waals surface area (Å²) in [5.41, 5.74) is 0.318. The molecule has 2 aromatic heterocycles. The van der Waals surface area contributed by atoms with Gasteiger partial charge in [-0.05, 0) is 23.8 Å². The maximum absolute atomic E-state index is 14.6. The molecule has 3 aromatic rings. The fourth-order valence-electron chi connectivity index (χ4n) is 3.19. The highest BCUT2D eigenvalue weighted by molar-refractivity contribution is 7.90. The van der Waals surface area contributed by atoms with Crippen molar-refractivity contribution in [2.24, 2.45) is 0 Å². The van der Waals surface area contributed by atoms with Crippen LogP contribution in [0.4, 0.5) is 8.78 Å². The van der Waals surface area contributed by atoms with Gasteiger partial charge in [0.1, 0.15) is 11.5 Å². The highest BCUT2D eigenvalue weighted by atomic mass is 32.2. The molecule has 1 atom stereocenters. The minimum Gasteiger partial charge on any atom is -0.267 e. The molecule has 1 aliphatic rings. The molecular weight excluding hydrogens is 378 g/mol. The molecule has 4 rings (SSSR count). The zero-order valence-corrected chi connectivity index (χ0v) is 14.9. The summed E-state index contributed by atoms with van der Waals surface area (Å²) >= 11 is 0. The largest absolute Gasteiger partial charge is 0.275 e. The van der Waals surface area contributed by atoms with Gasteiger partial charge in [0.2, 0.25) is 15.0 Å². The lowest BCUT2D eigenvalue weighted by Gasteiger charge is -2.11. The molecule has 0 N–H and O–H groups in total. The van der Waals surface area contributed by atoms with E-state index in [2.05, 4.69) is 9.97 Å². The molecule has 0 amide bonds. The van der Waals surface area contributed by atoms with Crippen molar-refractivity contribution in [3.63, 3.8) is 0 Å². The summed E-state index contributed by atoms with van der Waals surface area (Å²) in [7, 11) is -3.70. The van der Waals surface area contributed by atoms with Crippen molar-refractivity contribution >= 4 is 9.84 Å². The zero-order valence-electron chi connectivity index (χ0n) is 14.1. The van der Waals surface area contributed by atoms with Crippen molar-refractivity contribution in [3.05, 3.63) is 52.7 Å². The predicted octanol–water partition coefficient (Wildman–Crippen LogP) is 2.19. The van der Waals surface area contributed by atoms with Gasteiger partial charge >= 0.3 is 0 Å². The van der Waals surface area contributed by atoms with Crippen molar-refractivity contribution in [2.75, 3.05) is 6.26 Å². The molecule has 0 spiro atoms. The first kappa shape index (κ1) is 17.5. The first-order valence-electron chi connectivity index (χ1n) is 8.06. The zero-order chi connectivity index (χ0) is 19.3. The van der Waals surface area contributed by atoms with Crippen LogP contribution in [0.25, 0.3) is 22.5 Å². The van der Waals surface area contributed by atoms with Crippen LogP contribution in [0.3, 0.4) is 0 Å². The standard InChI is InChI=1S/C17H14F2N4O3S/c1-27(25,26)17-20-8-6-12(21-17)15-14(10-2-4-11(18)5-3-10)16(24)22-9-7-13(19)23(15)22/h2-6,8,13H,7,9H2,1H3. The van der Waals surface area contributed by atoms with Crippen LogP contribution in [0.5, 0.6) is 0 Å². The SMILES string of the molecule is CS(=O)(=O)c1nccc(-c2c(-c3ccc(F)cc3)c(=O)n3n2C(F)CC3)n1. The molecule has 1 aliphatic heterocycles. The van der Waals surface area contributed by atoms with Gasteiger partial charge in [-0.2, -0.15) is 0 Å². The van der Waals surface area contributed by atoms with Crippen molar-refractivity contribution in [3.8, 4) is 22.5 Å². The van der Waals surface area contributed by atoms with Gasteiger partial charge in [-0.25, -0.2) is 36.5 Å². The van der Waals surface area contributed by atoms with E-state index < -0.39 is 32.7 Å². The van der Waals surface area contributed by atoms with Gasteiger partial charge in [0, 0.05) is 25.4 Å². The summed E-state index contributed by atoms with van der Waals surface area (Å²) in [6, 6.07) is 6.63. The summed E-state index contributed by atoms with van der Waals surface area (Å²) < 4.78 is 53.9. The molecule has 140 valence electrons. The number of fused-ring (bicyclic) bond motifs is 1. The number of rotatable bonds is 3. The first-order chi connectivity index (χ1) is 12.8. The lowest BCUT2D eigenvalue weighted by molar-refractivity contribution is 0.244. The van der Waals surface area contributed by atoms with Crippen LogP contribution in [0.2, 0.25) is 0 Å². The quantitative estimate of drug-likeness (QED) is 0.638. The van der Waals surface area contributed by atoms with E-state index in [1.165, 1.54) is 45.9 Å². The molecule has 0 saturated heterocycles. The van der Waals surface area contributed by atoms with Crippen molar-refractivity contribution < 1.29 is 17.2 Å². The minimum atomic E-state index is -3.70. The fraction of sp³-hybridized carbons (Fsp3) is 0.235. The van der Waals surface area contributed by atoms with Crippen LogP contribution in [0.1, 0.15) is 12.7 Å². The van der Waals surface area contributed by atoms with Crippen LogP contribution in [-0.4, -0.2) is 34.0 Å². The summed E-state index contributed by atoms with van der Waals surface area (Å²) in [5, 5.41) is -0.425. The van der Waals surface area contributed by atoms with E-state index in [9.17, 15) is 22.0 Å². The number of benzene rings is 1. The third kappa shape index (κ3) is 2.85. The summed E-state index contributed by atoms with van der Waals surface area (Å²) in [4.78, 5) is 20.7. The Bertz CT molecular complexity index is 1200. The van der Waals surface area contributed by atoms with Gasteiger partial charge in [0.15, 0.2) is 6.30 Å². The maximum atomic E-state index is 14.6. The second-order valence-corrected chi connectivity index (χ2v) is 8.13. The molecule has 0 fully saturated rings. The highest BCUT2D eigenvalue weighted by Crippen LogP contribution is 2.35. The van der Waals surface area contributed by atoms with E-state index in [0.717, 1.165) is 6.26 Å². The summed E-state index contributed by atoms with van der Waals surface area (Å²) in [6.45, 7) is 0.179. The van der Waals surface area contributed by atoms with Gasteiger partial charge in [0.25, 0.3) is 5.56 Å². The smallest absolute Gasteiger partial charge is 0.267 e. The molecular formula is C17H14F2N4O3S. The molecule has 1 unspecified atom stereocenters. The Balaban J connectivity index is 2.04. The molecule has 0 radical (unpaired) electrons. The minimum absolute atomic E-state index is 0.102. The van der Waals surface area contributed by atoms with Gasteiger partial charge in [-0.3, -0.25) is 4.79 Å². The fourth-order valence-corrected chi connectivity index (χ4v) is 3.71. The average Bonchev–Trinajstić information content (AvgIpc) is 3.14. The second kappa shape index (κ2) is 6.08. The van der Waals surface area contributed by atoms with E-state index in [0.29, 0.717) is 5.56 Å². The van der Waals surface area contributed by atoms with E-state index >= 15 is 0 Å².